The zero-order valence-electron chi connectivity index (χ0n) is 9.37. The second-order valence-electron chi connectivity index (χ2n) is 3.43. The lowest BCUT2D eigenvalue weighted by Gasteiger charge is -2.06. The molecule has 1 heterocycles. The highest BCUT2D eigenvalue weighted by molar-refractivity contribution is 5.75. The average Bonchev–Trinajstić information content (AvgIpc) is 2.23. The number of aromatic nitrogens is 2. The molecule has 1 rings (SSSR count). The van der Waals surface area contributed by atoms with Crippen molar-refractivity contribution in [2.45, 2.75) is 26.9 Å². The molecule has 0 unspecified atom stereocenters. The van der Waals surface area contributed by atoms with Gasteiger partial charge in [0.05, 0.1) is 17.7 Å². The van der Waals surface area contributed by atoms with E-state index in [-0.39, 0.29) is 6.54 Å². The van der Waals surface area contributed by atoms with E-state index in [0.717, 1.165) is 10.8 Å². The molecule has 0 aliphatic rings. The Morgan fingerprint density at radius 3 is 2.47 bits per heavy atom. The van der Waals surface area contributed by atoms with E-state index in [2.05, 4.69) is 0 Å². The normalized spacial score (nSPS) is 10.2. The summed E-state index contributed by atoms with van der Waals surface area (Å²) in [6.07, 6.45) is 0.890. The molecule has 0 fully saturated rings. The second-order valence-corrected chi connectivity index (χ2v) is 3.43. The van der Waals surface area contributed by atoms with Crippen LogP contribution in [0.5, 0.6) is 0 Å². The standard InChI is InChI=1S/C9H11N3O5/c1-3-10-5-7(12(16)17)8(14)11(9(10)15)4-6(2)13/h5H,3-4H2,1-2H3. The molecule has 17 heavy (non-hydrogen) atoms. The highest BCUT2D eigenvalue weighted by atomic mass is 16.6. The number of rotatable bonds is 4. The summed E-state index contributed by atoms with van der Waals surface area (Å²) in [6.45, 7) is 2.52. The summed E-state index contributed by atoms with van der Waals surface area (Å²) in [5.41, 5.74) is -2.49. The minimum Gasteiger partial charge on any atom is -0.298 e. The molecule has 92 valence electrons. The first-order chi connectivity index (χ1) is 7.88. The van der Waals surface area contributed by atoms with Gasteiger partial charge < -0.3 is 0 Å². The quantitative estimate of drug-likeness (QED) is 0.523. The number of nitrogens with zero attached hydrogens (tertiary/aromatic N) is 3. The summed E-state index contributed by atoms with van der Waals surface area (Å²) < 4.78 is 1.59. The van der Waals surface area contributed by atoms with Crippen LogP contribution in [0.4, 0.5) is 5.69 Å². The summed E-state index contributed by atoms with van der Waals surface area (Å²) in [4.78, 5) is 44.0. The van der Waals surface area contributed by atoms with Gasteiger partial charge in [0.1, 0.15) is 5.78 Å². The van der Waals surface area contributed by atoms with Gasteiger partial charge in [-0.25, -0.2) is 9.36 Å². The third kappa shape index (κ3) is 2.47. The van der Waals surface area contributed by atoms with Crippen LogP contribution in [0.1, 0.15) is 13.8 Å². The fraction of sp³-hybridized carbons (Fsp3) is 0.444. The minimum atomic E-state index is -1.06. The molecule has 0 atom stereocenters. The maximum absolute atomic E-state index is 11.7. The van der Waals surface area contributed by atoms with Gasteiger partial charge in [-0.15, -0.1) is 0 Å². The Morgan fingerprint density at radius 2 is 2.06 bits per heavy atom. The fourth-order valence-electron chi connectivity index (χ4n) is 1.35. The molecule has 0 saturated carbocycles. The van der Waals surface area contributed by atoms with Gasteiger partial charge in [-0.1, -0.05) is 0 Å². The Balaban J connectivity index is 3.61. The Bertz CT molecular complexity index is 583. The molecule has 0 aliphatic carbocycles. The maximum Gasteiger partial charge on any atom is 0.350 e. The van der Waals surface area contributed by atoms with Crippen molar-refractivity contribution in [2.75, 3.05) is 0 Å². The number of nitro groups is 1. The molecule has 0 N–H and O–H groups in total. The first kappa shape index (κ1) is 12.8. The van der Waals surface area contributed by atoms with Gasteiger partial charge in [0.15, 0.2) is 0 Å². The number of aryl methyl sites for hydroxylation is 1. The van der Waals surface area contributed by atoms with Gasteiger partial charge in [0.25, 0.3) is 0 Å². The lowest BCUT2D eigenvalue weighted by atomic mass is 10.4. The SMILES string of the molecule is CCn1cc([N+](=O)[O-])c(=O)n(CC(C)=O)c1=O. The van der Waals surface area contributed by atoms with Crippen LogP contribution < -0.4 is 11.2 Å². The van der Waals surface area contributed by atoms with Gasteiger partial charge in [-0.2, -0.15) is 0 Å². The van der Waals surface area contributed by atoms with Gasteiger partial charge in [-0.05, 0) is 13.8 Å². The lowest BCUT2D eigenvalue weighted by molar-refractivity contribution is -0.387. The third-order valence-corrected chi connectivity index (χ3v) is 2.14. The van der Waals surface area contributed by atoms with E-state index in [1.165, 1.54) is 6.92 Å². The topological polar surface area (TPSA) is 104 Å². The predicted octanol–water partition coefficient (Wildman–Crippen LogP) is -0.473. The van der Waals surface area contributed by atoms with Crippen molar-refractivity contribution in [3.63, 3.8) is 0 Å². The number of hydrogen-bond acceptors (Lipinski definition) is 5. The van der Waals surface area contributed by atoms with Crippen LogP contribution in [0.25, 0.3) is 0 Å². The summed E-state index contributed by atoms with van der Waals surface area (Å²) in [7, 11) is 0. The molecule has 1 aromatic rings. The molecule has 0 spiro atoms. The van der Waals surface area contributed by atoms with Crippen LogP contribution in [-0.2, 0) is 17.9 Å². The van der Waals surface area contributed by atoms with Gasteiger partial charge >= 0.3 is 16.9 Å². The van der Waals surface area contributed by atoms with E-state index in [1.54, 1.807) is 6.92 Å². The molecule has 1 aromatic heterocycles. The highest BCUT2D eigenvalue weighted by Crippen LogP contribution is 2.00. The molecule has 0 radical (unpaired) electrons. The summed E-state index contributed by atoms with van der Waals surface area (Å²) >= 11 is 0. The summed E-state index contributed by atoms with van der Waals surface area (Å²) in [5.74, 6) is -0.424. The van der Waals surface area contributed by atoms with Crippen molar-refractivity contribution in [2.24, 2.45) is 0 Å². The van der Waals surface area contributed by atoms with Crippen molar-refractivity contribution in [3.8, 4) is 0 Å². The summed E-state index contributed by atoms with van der Waals surface area (Å²) in [5, 5.41) is 10.6. The first-order valence-electron chi connectivity index (χ1n) is 4.86. The van der Waals surface area contributed by atoms with Gasteiger partial charge in [0.2, 0.25) is 0 Å². The maximum atomic E-state index is 11.7. The Kier molecular flexibility index (Phi) is 3.56. The number of carbonyl (C=O) groups excluding carboxylic acids is 1. The van der Waals surface area contributed by atoms with Crippen LogP contribution >= 0.6 is 0 Å². The zero-order chi connectivity index (χ0) is 13.2. The van der Waals surface area contributed by atoms with E-state index in [9.17, 15) is 24.5 Å². The number of ketones is 1. The Morgan fingerprint density at radius 1 is 1.47 bits per heavy atom. The van der Waals surface area contributed by atoms with Crippen molar-refractivity contribution in [3.05, 3.63) is 37.1 Å². The molecule has 0 amide bonds. The van der Waals surface area contributed by atoms with Crippen LogP contribution in [-0.4, -0.2) is 19.8 Å². The van der Waals surface area contributed by atoms with E-state index >= 15 is 0 Å². The molecule has 8 nitrogen and oxygen atoms in total. The predicted molar refractivity (Wildman–Crippen MR) is 58.0 cm³/mol. The highest BCUT2D eigenvalue weighted by Gasteiger charge is 2.19. The summed E-state index contributed by atoms with van der Waals surface area (Å²) in [6, 6.07) is 0. The molecule has 8 heteroatoms. The number of Topliss-reactive ketones (excluding diaryl/α,β-unsaturated/α-hetero) is 1. The van der Waals surface area contributed by atoms with E-state index in [4.69, 9.17) is 0 Å². The second kappa shape index (κ2) is 4.73. The third-order valence-electron chi connectivity index (χ3n) is 2.14. The number of carbonyl (C=O) groups is 1. The van der Waals surface area contributed by atoms with E-state index in [1.807, 2.05) is 0 Å². The molecule has 0 aliphatic heterocycles. The van der Waals surface area contributed by atoms with Crippen LogP contribution in [0.3, 0.4) is 0 Å². The van der Waals surface area contributed by atoms with E-state index in [0.29, 0.717) is 4.57 Å². The van der Waals surface area contributed by atoms with Crippen molar-refractivity contribution >= 4 is 11.5 Å². The monoisotopic (exact) mass is 241 g/mol. The van der Waals surface area contributed by atoms with Crippen molar-refractivity contribution in [1.29, 1.82) is 0 Å². The van der Waals surface area contributed by atoms with Crippen molar-refractivity contribution in [1.82, 2.24) is 9.13 Å². The number of hydrogen-bond donors (Lipinski definition) is 0. The largest absolute Gasteiger partial charge is 0.350 e. The van der Waals surface area contributed by atoms with Gasteiger partial charge in [0, 0.05) is 6.54 Å². The Labute approximate surface area is 95.3 Å². The van der Waals surface area contributed by atoms with E-state index < -0.39 is 34.2 Å². The molecular weight excluding hydrogens is 230 g/mol. The molecular formula is C9H11N3O5. The van der Waals surface area contributed by atoms with Crippen molar-refractivity contribution < 1.29 is 9.72 Å². The molecule has 0 saturated heterocycles. The average molecular weight is 241 g/mol. The zero-order valence-corrected chi connectivity index (χ0v) is 9.37. The van der Waals surface area contributed by atoms with Gasteiger partial charge in [-0.3, -0.25) is 24.3 Å². The first-order valence-corrected chi connectivity index (χ1v) is 4.86. The van der Waals surface area contributed by atoms with Crippen LogP contribution in [0, 0.1) is 10.1 Å². The minimum absolute atomic E-state index is 0.178. The fourth-order valence-corrected chi connectivity index (χ4v) is 1.35. The Hall–Kier alpha value is -2.25. The molecule has 0 aromatic carbocycles. The lowest BCUT2D eigenvalue weighted by Crippen LogP contribution is -2.41. The smallest absolute Gasteiger partial charge is 0.298 e. The van der Waals surface area contributed by atoms with Crippen LogP contribution in [0.15, 0.2) is 15.8 Å². The molecule has 0 bridgehead atoms. The van der Waals surface area contributed by atoms with Crippen LogP contribution in [0.2, 0.25) is 0 Å².